The maximum absolute atomic E-state index is 12.9. The van der Waals surface area contributed by atoms with Crippen LogP contribution in [0, 0.1) is 5.82 Å². The van der Waals surface area contributed by atoms with Gasteiger partial charge in [-0.15, -0.1) is 24.0 Å². The highest BCUT2D eigenvalue weighted by Crippen LogP contribution is 2.08. The van der Waals surface area contributed by atoms with Crippen LogP contribution in [0.15, 0.2) is 47.6 Å². The Morgan fingerprint density at radius 2 is 1.78 bits per heavy atom. The number of halogens is 2. The Morgan fingerprint density at radius 1 is 1.13 bits per heavy atom. The predicted molar refractivity (Wildman–Crippen MR) is 99.6 cm³/mol. The van der Waals surface area contributed by atoms with E-state index in [1.165, 1.54) is 12.1 Å². The first-order chi connectivity index (χ1) is 10.7. The van der Waals surface area contributed by atoms with Crippen molar-refractivity contribution in [3.05, 3.63) is 59.5 Å². The van der Waals surface area contributed by atoms with Crippen LogP contribution in [0.1, 0.15) is 11.1 Å². The summed E-state index contributed by atoms with van der Waals surface area (Å²) in [6.07, 6.45) is 1.70. The summed E-state index contributed by atoms with van der Waals surface area (Å²) in [5, 5.41) is 6.37. The number of aliphatic imine (C=N–C) groups is 1. The molecule has 0 saturated carbocycles. The third kappa shape index (κ3) is 6.39. The number of aromatic nitrogens is 1. The number of nitrogens with one attached hydrogen (secondary N) is 2. The number of rotatable bonds is 5. The third-order valence-electron chi connectivity index (χ3n) is 3.07. The quantitative estimate of drug-likeness (QED) is 0.435. The van der Waals surface area contributed by atoms with Crippen molar-refractivity contribution < 1.29 is 9.13 Å². The molecule has 0 unspecified atom stereocenters. The van der Waals surface area contributed by atoms with Crippen LogP contribution < -0.4 is 15.4 Å². The fourth-order valence-electron chi connectivity index (χ4n) is 1.87. The van der Waals surface area contributed by atoms with E-state index in [9.17, 15) is 4.39 Å². The Balaban J connectivity index is 0.00000264. The summed E-state index contributed by atoms with van der Waals surface area (Å²) in [5.74, 6) is 1.01. The molecule has 0 radical (unpaired) electrons. The smallest absolute Gasteiger partial charge is 0.213 e. The van der Waals surface area contributed by atoms with E-state index in [1.54, 1.807) is 32.5 Å². The molecule has 0 aliphatic carbocycles. The highest BCUT2D eigenvalue weighted by molar-refractivity contribution is 14.0. The van der Waals surface area contributed by atoms with Gasteiger partial charge in [-0.2, -0.15) is 0 Å². The predicted octanol–water partition coefficient (Wildman–Crippen LogP) is 2.71. The van der Waals surface area contributed by atoms with Crippen molar-refractivity contribution >= 4 is 29.9 Å². The van der Waals surface area contributed by atoms with E-state index < -0.39 is 0 Å². The van der Waals surface area contributed by atoms with Gasteiger partial charge in [-0.1, -0.05) is 12.1 Å². The molecule has 23 heavy (non-hydrogen) atoms. The lowest BCUT2D eigenvalue weighted by Crippen LogP contribution is -2.36. The SMILES string of the molecule is CN=C(NCc1ccc(F)cc1)NCc1ccnc(OC)c1.I. The van der Waals surface area contributed by atoms with Gasteiger partial charge < -0.3 is 15.4 Å². The van der Waals surface area contributed by atoms with Gasteiger partial charge in [-0.3, -0.25) is 4.99 Å². The summed E-state index contributed by atoms with van der Waals surface area (Å²) in [6.45, 7) is 1.17. The Morgan fingerprint density at radius 3 is 2.39 bits per heavy atom. The summed E-state index contributed by atoms with van der Waals surface area (Å²) in [5.41, 5.74) is 2.02. The average Bonchev–Trinajstić information content (AvgIpc) is 2.57. The van der Waals surface area contributed by atoms with Crippen LogP contribution in [0.25, 0.3) is 0 Å². The molecule has 5 nitrogen and oxygen atoms in total. The Bertz CT molecular complexity index is 634. The fourth-order valence-corrected chi connectivity index (χ4v) is 1.87. The minimum atomic E-state index is -0.238. The molecule has 0 amide bonds. The standard InChI is InChI=1S/C16H19FN4O.HI/c1-18-16(20-10-12-3-5-14(17)6-4-12)21-11-13-7-8-19-15(9-13)22-2;/h3-9H,10-11H2,1-2H3,(H2,18,20,21);1H. The summed E-state index contributed by atoms with van der Waals surface area (Å²) in [7, 11) is 3.29. The number of nitrogens with zero attached hydrogens (tertiary/aromatic N) is 2. The Kier molecular flexibility index (Phi) is 8.31. The number of hydrogen-bond acceptors (Lipinski definition) is 3. The lowest BCUT2D eigenvalue weighted by molar-refractivity contribution is 0.397. The second-order valence-electron chi connectivity index (χ2n) is 4.61. The van der Waals surface area contributed by atoms with Crippen molar-refractivity contribution in [3.63, 3.8) is 0 Å². The van der Waals surface area contributed by atoms with Crippen molar-refractivity contribution in [3.8, 4) is 5.88 Å². The molecule has 0 bridgehead atoms. The normalized spacial score (nSPS) is 10.7. The second kappa shape index (κ2) is 9.98. The highest BCUT2D eigenvalue weighted by atomic mass is 127. The van der Waals surface area contributed by atoms with Crippen LogP contribution in [0.4, 0.5) is 4.39 Å². The monoisotopic (exact) mass is 430 g/mol. The number of hydrogen-bond donors (Lipinski definition) is 2. The maximum Gasteiger partial charge on any atom is 0.213 e. The zero-order valence-corrected chi connectivity index (χ0v) is 15.4. The van der Waals surface area contributed by atoms with Gasteiger partial charge in [-0.05, 0) is 29.3 Å². The summed E-state index contributed by atoms with van der Waals surface area (Å²) in [6, 6.07) is 10.1. The fraction of sp³-hybridized carbons (Fsp3) is 0.250. The van der Waals surface area contributed by atoms with Crippen molar-refractivity contribution in [1.82, 2.24) is 15.6 Å². The summed E-state index contributed by atoms with van der Waals surface area (Å²) >= 11 is 0. The zero-order chi connectivity index (χ0) is 15.8. The zero-order valence-electron chi connectivity index (χ0n) is 13.0. The van der Waals surface area contributed by atoms with Gasteiger partial charge in [0.25, 0.3) is 0 Å². The van der Waals surface area contributed by atoms with E-state index in [-0.39, 0.29) is 29.8 Å². The summed E-state index contributed by atoms with van der Waals surface area (Å²) < 4.78 is 17.9. The van der Waals surface area contributed by atoms with Crippen LogP contribution in [-0.2, 0) is 13.1 Å². The minimum absolute atomic E-state index is 0. The number of benzene rings is 1. The number of methoxy groups -OCH3 is 1. The molecule has 0 spiro atoms. The average molecular weight is 430 g/mol. The molecule has 124 valence electrons. The van der Waals surface area contributed by atoms with Gasteiger partial charge in [0.1, 0.15) is 5.82 Å². The molecule has 1 aromatic carbocycles. The molecule has 0 aliphatic heterocycles. The first kappa shape index (κ1) is 19.1. The van der Waals surface area contributed by atoms with Crippen molar-refractivity contribution in [2.45, 2.75) is 13.1 Å². The second-order valence-corrected chi connectivity index (χ2v) is 4.61. The van der Waals surface area contributed by atoms with Crippen molar-refractivity contribution in [2.75, 3.05) is 14.2 Å². The van der Waals surface area contributed by atoms with Gasteiger partial charge in [0.15, 0.2) is 5.96 Å². The molecule has 2 aromatic rings. The lowest BCUT2D eigenvalue weighted by Gasteiger charge is -2.12. The van der Waals surface area contributed by atoms with Gasteiger partial charge >= 0.3 is 0 Å². The van der Waals surface area contributed by atoms with E-state index in [2.05, 4.69) is 20.6 Å². The number of guanidine groups is 1. The van der Waals surface area contributed by atoms with Gasteiger partial charge in [0.2, 0.25) is 5.88 Å². The Labute approximate surface area is 152 Å². The Hall–Kier alpha value is -1.90. The van der Waals surface area contributed by atoms with E-state index in [0.29, 0.717) is 24.9 Å². The van der Waals surface area contributed by atoms with Crippen LogP contribution in [0.3, 0.4) is 0 Å². The molecule has 0 aliphatic rings. The molecular weight excluding hydrogens is 410 g/mol. The molecule has 0 saturated heterocycles. The maximum atomic E-state index is 12.9. The largest absolute Gasteiger partial charge is 0.481 e. The van der Waals surface area contributed by atoms with Crippen molar-refractivity contribution in [1.29, 1.82) is 0 Å². The van der Waals surface area contributed by atoms with E-state index in [4.69, 9.17) is 4.74 Å². The lowest BCUT2D eigenvalue weighted by atomic mass is 10.2. The highest BCUT2D eigenvalue weighted by Gasteiger charge is 2.01. The van der Waals surface area contributed by atoms with Crippen LogP contribution in [0.2, 0.25) is 0 Å². The number of ether oxygens (including phenoxy) is 1. The molecule has 1 aromatic heterocycles. The van der Waals surface area contributed by atoms with Gasteiger partial charge in [0, 0.05) is 32.4 Å². The van der Waals surface area contributed by atoms with E-state index in [1.807, 2.05) is 12.1 Å². The molecule has 7 heteroatoms. The van der Waals surface area contributed by atoms with Crippen LogP contribution in [0.5, 0.6) is 5.88 Å². The van der Waals surface area contributed by atoms with Crippen LogP contribution in [-0.4, -0.2) is 25.1 Å². The molecule has 0 atom stereocenters. The van der Waals surface area contributed by atoms with E-state index in [0.717, 1.165) is 11.1 Å². The minimum Gasteiger partial charge on any atom is -0.481 e. The van der Waals surface area contributed by atoms with Gasteiger partial charge in [0.05, 0.1) is 7.11 Å². The molecular formula is C16H20FIN4O. The number of pyridine rings is 1. The topological polar surface area (TPSA) is 58.5 Å². The first-order valence-electron chi connectivity index (χ1n) is 6.89. The first-order valence-corrected chi connectivity index (χ1v) is 6.89. The molecule has 1 heterocycles. The van der Waals surface area contributed by atoms with Gasteiger partial charge in [-0.25, -0.2) is 9.37 Å². The molecule has 2 N–H and O–H groups in total. The molecule has 0 fully saturated rings. The molecule has 2 rings (SSSR count). The summed E-state index contributed by atoms with van der Waals surface area (Å²) in [4.78, 5) is 8.21. The van der Waals surface area contributed by atoms with Crippen molar-refractivity contribution in [2.24, 2.45) is 4.99 Å². The van der Waals surface area contributed by atoms with E-state index >= 15 is 0 Å². The third-order valence-corrected chi connectivity index (χ3v) is 3.07. The van der Waals surface area contributed by atoms with Crippen LogP contribution >= 0.6 is 24.0 Å².